The Morgan fingerprint density at radius 3 is 2.74 bits per heavy atom. The van der Waals surface area contributed by atoms with Gasteiger partial charge in [0.05, 0.1) is 0 Å². The maximum Gasteiger partial charge on any atom is 0.207 e. The lowest BCUT2D eigenvalue weighted by atomic mass is 9.98. The quantitative estimate of drug-likeness (QED) is 0.387. The van der Waals surface area contributed by atoms with Gasteiger partial charge in [0.2, 0.25) is 6.41 Å². The fraction of sp³-hybridized carbons (Fsp3) is 0.316. The maximum atomic E-state index is 12.1. The molecule has 1 aromatic rings. The number of ketones is 1. The SMILES string of the molecule is C=N/C=C\C=C(/C)CC(=O)C[C@H](CCc1ccccc1)NC=O. The molecule has 0 fully saturated rings. The Balaban J connectivity index is 2.49. The summed E-state index contributed by atoms with van der Waals surface area (Å²) in [7, 11) is 0. The van der Waals surface area contributed by atoms with Crippen LogP contribution in [0.25, 0.3) is 0 Å². The van der Waals surface area contributed by atoms with Crippen molar-refractivity contribution in [3.05, 3.63) is 59.8 Å². The molecule has 1 rings (SSSR count). The van der Waals surface area contributed by atoms with Crippen molar-refractivity contribution in [3.63, 3.8) is 0 Å². The molecule has 0 radical (unpaired) electrons. The molecule has 0 bridgehead atoms. The number of rotatable bonds is 11. The van der Waals surface area contributed by atoms with Gasteiger partial charge in [-0.25, -0.2) is 0 Å². The van der Waals surface area contributed by atoms with Gasteiger partial charge >= 0.3 is 0 Å². The van der Waals surface area contributed by atoms with Gasteiger partial charge in [-0.15, -0.1) is 0 Å². The summed E-state index contributed by atoms with van der Waals surface area (Å²) in [5, 5.41) is 2.75. The fourth-order valence-corrected chi connectivity index (χ4v) is 2.31. The van der Waals surface area contributed by atoms with E-state index in [0.29, 0.717) is 19.3 Å². The standard InChI is InChI=1S/C19H24N2O2/c1-16(7-6-12-20-2)13-19(23)14-18(21-15-22)11-10-17-8-4-3-5-9-17/h3-9,12,15,18H,2,10-11,13-14H2,1H3,(H,21,22)/b12-6-,16-7+/t18-/m0/s1. The smallest absolute Gasteiger partial charge is 0.207 e. The van der Waals surface area contributed by atoms with Crippen LogP contribution in [0.15, 0.2) is 59.2 Å². The Morgan fingerprint density at radius 2 is 2.09 bits per heavy atom. The predicted molar refractivity (Wildman–Crippen MR) is 94.4 cm³/mol. The maximum absolute atomic E-state index is 12.1. The van der Waals surface area contributed by atoms with Crippen molar-refractivity contribution in [2.75, 3.05) is 0 Å². The van der Waals surface area contributed by atoms with Gasteiger partial charge in [0.25, 0.3) is 0 Å². The van der Waals surface area contributed by atoms with Gasteiger partial charge in [-0.2, -0.15) is 0 Å². The highest BCUT2D eigenvalue weighted by Gasteiger charge is 2.13. The number of benzene rings is 1. The van der Waals surface area contributed by atoms with E-state index < -0.39 is 0 Å². The van der Waals surface area contributed by atoms with Gasteiger partial charge in [0, 0.05) is 25.1 Å². The highest BCUT2D eigenvalue weighted by molar-refractivity contribution is 5.81. The first-order valence-corrected chi connectivity index (χ1v) is 7.69. The molecule has 4 nitrogen and oxygen atoms in total. The van der Waals surface area contributed by atoms with Crippen molar-refractivity contribution in [2.24, 2.45) is 4.99 Å². The van der Waals surface area contributed by atoms with E-state index in [2.05, 4.69) is 17.0 Å². The third-order valence-corrected chi connectivity index (χ3v) is 3.45. The number of carbonyl (C=O) groups is 2. The van der Waals surface area contributed by atoms with E-state index in [1.54, 1.807) is 12.3 Å². The van der Waals surface area contributed by atoms with Crippen LogP contribution in [0, 0.1) is 0 Å². The van der Waals surface area contributed by atoms with Gasteiger partial charge in [0.1, 0.15) is 5.78 Å². The van der Waals surface area contributed by atoms with Gasteiger partial charge in [-0.3, -0.25) is 14.6 Å². The lowest BCUT2D eigenvalue weighted by Gasteiger charge is -2.15. The van der Waals surface area contributed by atoms with Gasteiger partial charge in [-0.05, 0) is 38.1 Å². The molecule has 0 heterocycles. The molecule has 0 unspecified atom stereocenters. The third kappa shape index (κ3) is 8.51. The molecule has 0 aliphatic rings. The predicted octanol–water partition coefficient (Wildman–Crippen LogP) is 3.24. The fourth-order valence-electron chi connectivity index (χ4n) is 2.31. The number of nitrogens with zero attached hydrogens (tertiary/aromatic N) is 1. The number of allylic oxidation sites excluding steroid dienone is 3. The molecule has 1 amide bonds. The highest BCUT2D eigenvalue weighted by Crippen LogP contribution is 2.11. The molecule has 1 aromatic carbocycles. The van der Waals surface area contributed by atoms with Crippen LogP contribution >= 0.6 is 0 Å². The van der Waals surface area contributed by atoms with Gasteiger partial charge in [0.15, 0.2) is 0 Å². The third-order valence-electron chi connectivity index (χ3n) is 3.45. The summed E-state index contributed by atoms with van der Waals surface area (Å²) in [5.41, 5.74) is 2.17. The van der Waals surface area contributed by atoms with Gasteiger partial charge in [-0.1, -0.05) is 42.0 Å². The van der Waals surface area contributed by atoms with Crippen molar-refractivity contribution in [1.29, 1.82) is 0 Å². The second kappa shape index (κ2) is 11.1. The summed E-state index contributed by atoms with van der Waals surface area (Å²) in [5.74, 6) is 0.117. The second-order valence-electron chi connectivity index (χ2n) is 5.46. The van der Waals surface area contributed by atoms with Crippen molar-refractivity contribution in [3.8, 4) is 0 Å². The zero-order chi connectivity index (χ0) is 16.9. The molecule has 0 saturated heterocycles. The minimum Gasteiger partial charge on any atom is -0.355 e. The van der Waals surface area contributed by atoms with Crippen LogP contribution in [0.4, 0.5) is 0 Å². The van der Waals surface area contributed by atoms with Crippen molar-refractivity contribution in [1.82, 2.24) is 5.32 Å². The van der Waals surface area contributed by atoms with E-state index in [1.807, 2.05) is 43.3 Å². The van der Waals surface area contributed by atoms with E-state index in [-0.39, 0.29) is 11.8 Å². The highest BCUT2D eigenvalue weighted by atomic mass is 16.1. The van der Waals surface area contributed by atoms with Crippen LogP contribution in [-0.2, 0) is 16.0 Å². The zero-order valence-electron chi connectivity index (χ0n) is 13.6. The van der Waals surface area contributed by atoms with Crippen molar-refractivity contribution < 1.29 is 9.59 Å². The van der Waals surface area contributed by atoms with Gasteiger partial charge < -0.3 is 5.32 Å². The van der Waals surface area contributed by atoms with E-state index in [4.69, 9.17) is 0 Å². The van der Waals surface area contributed by atoms with Crippen LogP contribution in [0.5, 0.6) is 0 Å². The molecule has 0 aromatic heterocycles. The number of carbonyl (C=O) groups excluding carboxylic acids is 2. The van der Waals surface area contributed by atoms with Crippen LogP contribution < -0.4 is 5.32 Å². The first-order chi connectivity index (χ1) is 11.2. The molecule has 1 atom stereocenters. The summed E-state index contributed by atoms with van der Waals surface area (Å²) < 4.78 is 0. The summed E-state index contributed by atoms with van der Waals surface area (Å²) in [6.07, 6.45) is 8.16. The topological polar surface area (TPSA) is 58.5 Å². The van der Waals surface area contributed by atoms with Crippen LogP contribution in [0.2, 0.25) is 0 Å². The number of amides is 1. The summed E-state index contributed by atoms with van der Waals surface area (Å²) in [6.45, 7) is 5.25. The average Bonchev–Trinajstić information content (AvgIpc) is 2.54. The minimum absolute atomic E-state index is 0.117. The number of hydrogen-bond acceptors (Lipinski definition) is 3. The largest absolute Gasteiger partial charge is 0.355 e. The molecule has 1 N–H and O–H groups in total. The monoisotopic (exact) mass is 312 g/mol. The Bertz CT molecular complexity index is 562. The Morgan fingerprint density at radius 1 is 1.35 bits per heavy atom. The lowest BCUT2D eigenvalue weighted by molar-refractivity contribution is -0.119. The van der Waals surface area contributed by atoms with Crippen molar-refractivity contribution in [2.45, 2.75) is 38.6 Å². The molecule has 0 saturated carbocycles. The normalized spacial score (nSPS) is 12.8. The Labute approximate surface area is 138 Å². The van der Waals surface area contributed by atoms with E-state index in [9.17, 15) is 9.59 Å². The molecule has 122 valence electrons. The molecule has 0 spiro atoms. The molecule has 4 heteroatoms. The lowest BCUT2D eigenvalue weighted by Crippen LogP contribution is -2.30. The Kier molecular flexibility index (Phi) is 8.98. The summed E-state index contributed by atoms with van der Waals surface area (Å²) in [4.78, 5) is 26.5. The van der Waals surface area contributed by atoms with E-state index in [0.717, 1.165) is 18.4 Å². The number of nitrogens with one attached hydrogen (secondary N) is 1. The Hall–Kier alpha value is -2.49. The first kappa shape index (κ1) is 18.6. The van der Waals surface area contributed by atoms with Crippen LogP contribution in [0.3, 0.4) is 0 Å². The minimum atomic E-state index is -0.126. The molecule has 23 heavy (non-hydrogen) atoms. The summed E-state index contributed by atoms with van der Waals surface area (Å²) in [6, 6.07) is 9.92. The van der Waals surface area contributed by atoms with E-state index >= 15 is 0 Å². The molecule has 0 aliphatic carbocycles. The van der Waals surface area contributed by atoms with Crippen molar-refractivity contribution >= 4 is 18.9 Å². The average molecular weight is 312 g/mol. The first-order valence-electron chi connectivity index (χ1n) is 7.69. The number of aliphatic imine (C=N–C) groups is 1. The number of Topliss-reactive ketones (excluding diaryl/α,β-unsaturated/α-hetero) is 1. The second-order valence-corrected chi connectivity index (χ2v) is 5.46. The molecular weight excluding hydrogens is 288 g/mol. The zero-order valence-corrected chi connectivity index (χ0v) is 13.6. The van der Waals surface area contributed by atoms with Crippen LogP contribution in [-0.4, -0.2) is 25.0 Å². The molecular formula is C19H24N2O2. The number of hydrogen-bond donors (Lipinski definition) is 1. The molecule has 0 aliphatic heterocycles. The number of aryl methyl sites for hydroxylation is 1. The van der Waals surface area contributed by atoms with E-state index in [1.165, 1.54) is 5.56 Å². The van der Waals surface area contributed by atoms with Crippen LogP contribution in [0.1, 0.15) is 31.7 Å². The summed E-state index contributed by atoms with van der Waals surface area (Å²) >= 11 is 0.